The molecule has 0 aliphatic rings. The number of aliphatic hydroxyl groups is 1. The van der Waals surface area contributed by atoms with Crippen LogP contribution in [-0.2, 0) is 22.6 Å². The van der Waals surface area contributed by atoms with E-state index >= 15 is 0 Å². The number of nitrogens with one attached hydrogen (secondary N) is 2. The zero-order valence-electron chi connectivity index (χ0n) is 19.1. The van der Waals surface area contributed by atoms with Crippen LogP contribution in [0.3, 0.4) is 0 Å². The molecule has 31 heavy (non-hydrogen) atoms. The highest BCUT2D eigenvalue weighted by Crippen LogP contribution is 2.18. The minimum atomic E-state index is -2.09. The third kappa shape index (κ3) is 7.51. The summed E-state index contributed by atoms with van der Waals surface area (Å²) < 4.78 is 2.05. The molecule has 0 radical (unpaired) electrons. The van der Waals surface area contributed by atoms with Crippen molar-refractivity contribution in [2.45, 2.75) is 59.1 Å². The Balaban J connectivity index is 2.03. The predicted octanol–water partition coefficient (Wildman–Crippen LogP) is 2.53. The van der Waals surface area contributed by atoms with Crippen molar-refractivity contribution in [2.75, 3.05) is 13.1 Å². The Kier molecular flexibility index (Phi) is 9.24. The van der Waals surface area contributed by atoms with E-state index in [0.717, 1.165) is 5.69 Å². The van der Waals surface area contributed by atoms with Crippen molar-refractivity contribution >= 4 is 11.8 Å². The first kappa shape index (κ1) is 24.6. The molecule has 170 valence electrons. The Morgan fingerprint density at radius 3 is 2.16 bits per heavy atom. The molecular formula is C24H36N4O3. The van der Waals surface area contributed by atoms with Crippen LogP contribution in [0.4, 0.5) is 0 Å². The van der Waals surface area contributed by atoms with Crippen LogP contribution >= 0.6 is 0 Å². The number of benzene rings is 1. The van der Waals surface area contributed by atoms with Gasteiger partial charge in [-0.3, -0.25) is 9.59 Å². The fraction of sp³-hybridized carbons (Fsp3) is 0.542. The number of imidazole rings is 1. The molecule has 0 bridgehead atoms. The maximum absolute atomic E-state index is 12.7. The lowest BCUT2D eigenvalue weighted by Gasteiger charge is -2.27. The topological polar surface area (TPSA) is 96.2 Å². The molecule has 7 nitrogen and oxygen atoms in total. The van der Waals surface area contributed by atoms with Crippen LogP contribution in [0.25, 0.3) is 0 Å². The van der Waals surface area contributed by atoms with Crippen molar-refractivity contribution in [1.82, 2.24) is 20.2 Å². The molecule has 0 fully saturated rings. The van der Waals surface area contributed by atoms with Gasteiger partial charge in [0.25, 0.3) is 11.8 Å². The van der Waals surface area contributed by atoms with Gasteiger partial charge in [-0.05, 0) is 36.7 Å². The Morgan fingerprint density at radius 1 is 1.03 bits per heavy atom. The summed E-state index contributed by atoms with van der Waals surface area (Å²) in [5, 5.41) is 16.5. The third-order valence-corrected chi connectivity index (χ3v) is 5.06. The summed E-state index contributed by atoms with van der Waals surface area (Å²) in [6, 6.07) is 10.1. The molecule has 0 saturated carbocycles. The van der Waals surface area contributed by atoms with E-state index in [-0.39, 0.29) is 18.3 Å². The van der Waals surface area contributed by atoms with E-state index in [1.165, 1.54) is 5.56 Å². The second kappa shape index (κ2) is 11.6. The minimum Gasteiger partial charge on any atom is -0.372 e. The first-order valence-corrected chi connectivity index (χ1v) is 11.0. The Labute approximate surface area is 185 Å². The lowest BCUT2D eigenvalue weighted by atomic mass is 9.93. The van der Waals surface area contributed by atoms with Gasteiger partial charge in [-0.1, -0.05) is 58.0 Å². The number of carbonyl (C=O) groups excluding carboxylic acids is 2. The van der Waals surface area contributed by atoms with E-state index in [1.54, 1.807) is 12.5 Å². The van der Waals surface area contributed by atoms with E-state index in [1.807, 2.05) is 50.5 Å². The number of amides is 2. The highest BCUT2D eigenvalue weighted by molar-refractivity contribution is 6.08. The van der Waals surface area contributed by atoms with Gasteiger partial charge in [0.2, 0.25) is 5.60 Å². The zero-order chi connectivity index (χ0) is 22.9. The van der Waals surface area contributed by atoms with Crippen molar-refractivity contribution in [1.29, 1.82) is 0 Å². The molecule has 1 heterocycles. The van der Waals surface area contributed by atoms with Crippen LogP contribution in [0.15, 0.2) is 42.9 Å². The maximum atomic E-state index is 12.7. The Bertz CT molecular complexity index is 806. The van der Waals surface area contributed by atoms with E-state index in [4.69, 9.17) is 0 Å². The molecule has 2 rings (SSSR count). The molecule has 1 aromatic heterocycles. The van der Waals surface area contributed by atoms with Gasteiger partial charge in [-0.15, -0.1) is 0 Å². The standard InChI is InChI=1S/C24H36N4O3/c1-18(2)13-26-22(29)24(31,23(30)27-14-19(3)4)12-8-11-21-15-25-17-28(21)16-20-9-6-5-7-10-20/h5-7,9-10,15,17-19,31H,8,11-14,16H2,1-4H3,(H,26,29)(H,27,30). The van der Waals surface area contributed by atoms with Crippen molar-refractivity contribution < 1.29 is 14.7 Å². The average Bonchev–Trinajstić information content (AvgIpc) is 3.17. The van der Waals surface area contributed by atoms with Crippen molar-refractivity contribution in [3.05, 3.63) is 54.1 Å². The van der Waals surface area contributed by atoms with Gasteiger partial charge < -0.3 is 20.3 Å². The van der Waals surface area contributed by atoms with Crippen LogP contribution in [0.2, 0.25) is 0 Å². The molecule has 0 unspecified atom stereocenters. The van der Waals surface area contributed by atoms with Crippen molar-refractivity contribution in [3.63, 3.8) is 0 Å². The monoisotopic (exact) mass is 428 g/mol. The minimum absolute atomic E-state index is 0.0391. The summed E-state index contributed by atoms with van der Waals surface area (Å²) in [6.45, 7) is 9.37. The molecule has 0 spiro atoms. The fourth-order valence-electron chi connectivity index (χ4n) is 3.22. The second-order valence-electron chi connectivity index (χ2n) is 8.92. The van der Waals surface area contributed by atoms with Crippen LogP contribution in [0.1, 0.15) is 51.8 Å². The summed E-state index contributed by atoms with van der Waals surface area (Å²) in [7, 11) is 0. The van der Waals surface area contributed by atoms with E-state index in [0.29, 0.717) is 32.5 Å². The summed E-state index contributed by atoms with van der Waals surface area (Å²) in [5.41, 5.74) is 0.0735. The molecule has 2 aromatic rings. The summed E-state index contributed by atoms with van der Waals surface area (Å²) in [4.78, 5) is 29.7. The molecule has 1 aromatic carbocycles. The third-order valence-electron chi connectivity index (χ3n) is 5.06. The number of nitrogens with zero attached hydrogens (tertiary/aromatic N) is 2. The summed E-state index contributed by atoms with van der Waals surface area (Å²) in [6.07, 6.45) is 4.68. The largest absolute Gasteiger partial charge is 0.372 e. The SMILES string of the molecule is CC(C)CNC(=O)C(O)(CCCc1cncn1Cc1ccccc1)C(=O)NCC(C)C. The van der Waals surface area contributed by atoms with Crippen LogP contribution in [0.5, 0.6) is 0 Å². The maximum Gasteiger partial charge on any atom is 0.261 e. The quantitative estimate of drug-likeness (QED) is 0.453. The molecule has 0 atom stereocenters. The first-order chi connectivity index (χ1) is 14.7. The lowest BCUT2D eigenvalue weighted by molar-refractivity contribution is -0.154. The fourth-order valence-corrected chi connectivity index (χ4v) is 3.22. The summed E-state index contributed by atoms with van der Waals surface area (Å²) in [5.74, 6) is -0.834. The van der Waals surface area contributed by atoms with E-state index in [2.05, 4.69) is 27.8 Å². The molecule has 0 aliphatic heterocycles. The van der Waals surface area contributed by atoms with E-state index < -0.39 is 17.4 Å². The van der Waals surface area contributed by atoms with Gasteiger partial charge in [-0.25, -0.2) is 4.98 Å². The number of carbonyl (C=O) groups is 2. The van der Waals surface area contributed by atoms with Crippen LogP contribution in [0, 0.1) is 11.8 Å². The van der Waals surface area contributed by atoms with Gasteiger partial charge in [0.15, 0.2) is 0 Å². The molecule has 0 aliphatic carbocycles. The molecule has 3 N–H and O–H groups in total. The molecular weight excluding hydrogens is 392 g/mol. The zero-order valence-corrected chi connectivity index (χ0v) is 19.1. The average molecular weight is 429 g/mol. The Morgan fingerprint density at radius 2 is 1.61 bits per heavy atom. The highest BCUT2D eigenvalue weighted by atomic mass is 16.3. The number of hydrogen-bond acceptors (Lipinski definition) is 4. The normalized spacial score (nSPS) is 11.7. The van der Waals surface area contributed by atoms with Gasteiger partial charge >= 0.3 is 0 Å². The predicted molar refractivity (Wildman–Crippen MR) is 121 cm³/mol. The van der Waals surface area contributed by atoms with Crippen LogP contribution in [-0.4, -0.2) is 45.2 Å². The number of aryl methyl sites for hydroxylation is 1. The van der Waals surface area contributed by atoms with Gasteiger partial charge in [0, 0.05) is 31.5 Å². The van der Waals surface area contributed by atoms with Crippen molar-refractivity contribution in [3.8, 4) is 0 Å². The van der Waals surface area contributed by atoms with Crippen molar-refractivity contribution in [2.24, 2.45) is 11.8 Å². The molecule has 2 amide bonds. The Hall–Kier alpha value is -2.67. The lowest BCUT2D eigenvalue weighted by Crippen LogP contribution is -2.58. The van der Waals surface area contributed by atoms with Gasteiger partial charge in [0.05, 0.1) is 6.33 Å². The smallest absolute Gasteiger partial charge is 0.261 e. The molecule has 0 saturated heterocycles. The van der Waals surface area contributed by atoms with Gasteiger partial charge in [0.1, 0.15) is 0 Å². The van der Waals surface area contributed by atoms with E-state index in [9.17, 15) is 14.7 Å². The molecule has 7 heteroatoms. The number of aromatic nitrogens is 2. The van der Waals surface area contributed by atoms with Crippen LogP contribution < -0.4 is 10.6 Å². The highest BCUT2D eigenvalue weighted by Gasteiger charge is 2.43. The first-order valence-electron chi connectivity index (χ1n) is 11.0. The number of rotatable bonds is 12. The summed E-state index contributed by atoms with van der Waals surface area (Å²) >= 11 is 0. The van der Waals surface area contributed by atoms with Gasteiger partial charge in [-0.2, -0.15) is 0 Å². The number of hydrogen-bond donors (Lipinski definition) is 3. The second-order valence-corrected chi connectivity index (χ2v) is 8.92.